The molecule has 1 heterocycles. The van der Waals surface area contributed by atoms with E-state index in [0.29, 0.717) is 5.56 Å². The summed E-state index contributed by atoms with van der Waals surface area (Å²) >= 11 is 5.86. The molecule has 3 rings (SSSR count). The van der Waals surface area contributed by atoms with Gasteiger partial charge in [-0.2, -0.15) is 0 Å². The van der Waals surface area contributed by atoms with Gasteiger partial charge in [0.25, 0.3) is 15.9 Å². The third kappa shape index (κ3) is 3.29. The molecule has 3 N–H and O–H groups in total. The molecule has 130 valence electrons. The van der Waals surface area contributed by atoms with E-state index in [2.05, 4.69) is 0 Å². The van der Waals surface area contributed by atoms with Crippen molar-refractivity contribution in [1.29, 1.82) is 0 Å². The summed E-state index contributed by atoms with van der Waals surface area (Å²) in [5, 5.41) is 8.84. The molecule has 0 fully saturated rings. The number of amides is 3. The summed E-state index contributed by atoms with van der Waals surface area (Å²) in [5.74, 6) is -0.659. The summed E-state index contributed by atoms with van der Waals surface area (Å²) < 4.78 is 26.2. The van der Waals surface area contributed by atoms with E-state index in [-0.39, 0.29) is 27.7 Å². The molecule has 0 saturated carbocycles. The fourth-order valence-electron chi connectivity index (χ4n) is 2.43. The van der Waals surface area contributed by atoms with Crippen LogP contribution in [0.3, 0.4) is 0 Å². The van der Waals surface area contributed by atoms with Crippen molar-refractivity contribution in [2.45, 2.75) is 11.4 Å². The average molecular weight is 382 g/mol. The number of hydroxylamine groups is 1. The van der Waals surface area contributed by atoms with E-state index in [1.807, 2.05) is 4.72 Å². The van der Waals surface area contributed by atoms with E-state index in [1.165, 1.54) is 40.7 Å². The Bertz CT molecular complexity index is 960. The molecule has 0 aromatic heterocycles. The number of anilines is 1. The second-order valence-corrected chi connectivity index (χ2v) is 7.33. The Hall–Kier alpha value is -2.62. The van der Waals surface area contributed by atoms with Gasteiger partial charge in [-0.3, -0.25) is 14.9 Å². The minimum absolute atomic E-state index is 0.0804. The van der Waals surface area contributed by atoms with E-state index in [9.17, 15) is 18.0 Å². The van der Waals surface area contributed by atoms with Gasteiger partial charge in [0.15, 0.2) is 0 Å². The van der Waals surface area contributed by atoms with Crippen LogP contribution >= 0.6 is 11.6 Å². The Balaban J connectivity index is 1.95. The summed E-state index contributed by atoms with van der Waals surface area (Å²) in [6, 6.07) is 9.58. The maximum atomic E-state index is 12.2. The standard InChI is InChI=1S/C15H12ClN3O5S/c16-11-5-6-12-13(7-11)25(23,24)18-15(21)19(12)8-9-1-3-10(4-2-9)14(20)17-22/h1-7,22H,8H2,(H,17,20)(H,18,21). The minimum Gasteiger partial charge on any atom is -0.288 e. The van der Waals surface area contributed by atoms with Gasteiger partial charge in [-0.15, -0.1) is 0 Å². The molecule has 25 heavy (non-hydrogen) atoms. The second-order valence-electron chi connectivity index (χ2n) is 5.25. The number of benzene rings is 2. The SMILES string of the molecule is O=C(NO)c1ccc(CN2C(=O)NS(=O)(=O)c3cc(Cl)ccc32)cc1. The van der Waals surface area contributed by atoms with Gasteiger partial charge < -0.3 is 0 Å². The van der Waals surface area contributed by atoms with Crippen molar-refractivity contribution in [2.24, 2.45) is 0 Å². The van der Waals surface area contributed by atoms with Gasteiger partial charge in [0, 0.05) is 10.6 Å². The first-order valence-electron chi connectivity index (χ1n) is 6.99. The molecule has 0 radical (unpaired) electrons. The molecular weight excluding hydrogens is 370 g/mol. The number of nitrogens with zero attached hydrogens (tertiary/aromatic N) is 1. The molecule has 0 aliphatic carbocycles. The number of nitrogens with one attached hydrogen (secondary N) is 2. The Labute approximate surface area is 148 Å². The molecule has 3 amide bonds. The molecule has 0 unspecified atom stereocenters. The summed E-state index contributed by atoms with van der Waals surface area (Å²) in [4.78, 5) is 24.7. The number of hydrogen-bond donors (Lipinski definition) is 3. The third-order valence-corrected chi connectivity index (χ3v) is 5.21. The van der Waals surface area contributed by atoms with Crippen molar-refractivity contribution in [3.8, 4) is 0 Å². The lowest BCUT2D eigenvalue weighted by Crippen LogP contribution is -2.47. The lowest BCUT2D eigenvalue weighted by atomic mass is 10.1. The summed E-state index contributed by atoms with van der Waals surface area (Å²) in [7, 11) is -3.97. The predicted molar refractivity (Wildman–Crippen MR) is 89.0 cm³/mol. The third-order valence-electron chi connectivity index (χ3n) is 3.63. The van der Waals surface area contributed by atoms with Crippen LogP contribution in [0, 0.1) is 0 Å². The zero-order valence-corrected chi connectivity index (χ0v) is 14.1. The quantitative estimate of drug-likeness (QED) is 0.554. The number of halogens is 1. The van der Waals surface area contributed by atoms with Gasteiger partial charge in [-0.25, -0.2) is 23.4 Å². The molecule has 0 atom stereocenters. The highest BCUT2D eigenvalue weighted by Crippen LogP contribution is 2.32. The van der Waals surface area contributed by atoms with Crippen molar-refractivity contribution in [3.63, 3.8) is 0 Å². The van der Waals surface area contributed by atoms with E-state index < -0.39 is 22.0 Å². The van der Waals surface area contributed by atoms with Gasteiger partial charge in [-0.1, -0.05) is 23.7 Å². The van der Waals surface area contributed by atoms with E-state index in [0.717, 1.165) is 0 Å². The molecule has 1 aliphatic rings. The predicted octanol–water partition coefficient (Wildman–Crippen LogP) is 1.88. The lowest BCUT2D eigenvalue weighted by molar-refractivity contribution is 0.0706. The van der Waals surface area contributed by atoms with Gasteiger partial charge in [0.05, 0.1) is 12.2 Å². The molecule has 2 aromatic carbocycles. The lowest BCUT2D eigenvalue weighted by Gasteiger charge is -2.29. The van der Waals surface area contributed by atoms with Gasteiger partial charge in [0.2, 0.25) is 0 Å². The van der Waals surface area contributed by atoms with Gasteiger partial charge >= 0.3 is 6.03 Å². The molecule has 0 saturated heterocycles. The van der Waals surface area contributed by atoms with Crippen LogP contribution in [0.4, 0.5) is 10.5 Å². The fourth-order valence-corrected chi connectivity index (χ4v) is 3.85. The van der Waals surface area contributed by atoms with Crippen LogP contribution in [-0.4, -0.2) is 25.6 Å². The van der Waals surface area contributed by atoms with E-state index in [4.69, 9.17) is 16.8 Å². The number of rotatable bonds is 3. The largest absolute Gasteiger partial charge is 0.336 e. The Morgan fingerprint density at radius 1 is 1.20 bits per heavy atom. The number of hydrogen-bond acceptors (Lipinski definition) is 5. The first-order chi connectivity index (χ1) is 11.8. The zero-order valence-electron chi connectivity index (χ0n) is 12.6. The number of fused-ring (bicyclic) bond motifs is 1. The van der Waals surface area contributed by atoms with Crippen LogP contribution in [0.5, 0.6) is 0 Å². The monoisotopic (exact) mass is 381 g/mol. The average Bonchev–Trinajstić information content (AvgIpc) is 2.58. The molecule has 10 heteroatoms. The zero-order chi connectivity index (χ0) is 18.2. The first kappa shape index (κ1) is 17.2. The Morgan fingerprint density at radius 2 is 1.88 bits per heavy atom. The van der Waals surface area contributed by atoms with Crippen molar-refractivity contribution < 1.29 is 23.2 Å². The Morgan fingerprint density at radius 3 is 2.52 bits per heavy atom. The maximum Gasteiger partial charge on any atom is 0.336 e. The summed E-state index contributed by atoms with van der Waals surface area (Å²) in [6.45, 7) is 0.0804. The van der Waals surface area contributed by atoms with Crippen molar-refractivity contribution in [3.05, 3.63) is 58.6 Å². The summed E-state index contributed by atoms with van der Waals surface area (Å²) in [5.41, 5.74) is 2.63. The minimum atomic E-state index is -3.97. The molecule has 0 bridgehead atoms. The molecule has 2 aromatic rings. The smallest absolute Gasteiger partial charge is 0.288 e. The highest BCUT2D eigenvalue weighted by molar-refractivity contribution is 7.90. The maximum absolute atomic E-state index is 12.2. The van der Waals surface area contributed by atoms with Crippen LogP contribution in [0.1, 0.15) is 15.9 Å². The highest BCUT2D eigenvalue weighted by atomic mass is 35.5. The van der Waals surface area contributed by atoms with E-state index >= 15 is 0 Å². The summed E-state index contributed by atoms with van der Waals surface area (Å²) in [6.07, 6.45) is 0. The number of carbonyl (C=O) groups excluding carboxylic acids is 2. The Kier molecular flexibility index (Phi) is 4.38. The number of sulfonamides is 1. The van der Waals surface area contributed by atoms with Crippen molar-refractivity contribution >= 4 is 39.2 Å². The van der Waals surface area contributed by atoms with Gasteiger partial charge in [-0.05, 0) is 35.9 Å². The second kappa shape index (κ2) is 6.36. The van der Waals surface area contributed by atoms with Crippen LogP contribution in [0.2, 0.25) is 5.02 Å². The van der Waals surface area contributed by atoms with Crippen molar-refractivity contribution in [1.82, 2.24) is 10.2 Å². The fraction of sp³-hybridized carbons (Fsp3) is 0.0667. The molecule has 0 spiro atoms. The van der Waals surface area contributed by atoms with Crippen molar-refractivity contribution in [2.75, 3.05) is 4.90 Å². The topological polar surface area (TPSA) is 116 Å². The first-order valence-corrected chi connectivity index (χ1v) is 8.85. The van der Waals surface area contributed by atoms with Crippen LogP contribution in [0.25, 0.3) is 0 Å². The molecular formula is C15H12ClN3O5S. The molecule has 8 nitrogen and oxygen atoms in total. The number of urea groups is 1. The van der Waals surface area contributed by atoms with Gasteiger partial charge in [0.1, 0.15) is 4.90 Å². The number of carbonyl (C=O) groups is 2. The highest BCUT2D eigenvalue weighted by Gasteiger charge is 2.34. The van der Waals surface area contributed by atoms with Crippen LogP contribution in [0.15, 0.2) is 47.4 Å². The molecule has 1 aliphatic heterocycles. The van der Waals surface area contributed by atoms with Crippen LogP contribution < -0.4 is 15.1 Å². The normalized spacial score (nSPS) is 15.3. The van der Waals surface area contributed by atoms with Crippen LogP contribution in [-0.2, 0) is 16.6 Å². The van der Waals surface area contributed by atoms with E-state index in [1.54, 1.807) is 12.1 Å².